The molecule has 0 fully saturated rings. The molecule has 1 nitrogen and oxygen atoms in total. The largest absolute Gasteiger partial charge is 0.299 e. The van der Waals surface area contributed by atoms with Gasteiger partial charge >= 0.3 is 0 Å². The second-order valence-corrected chi connectivity index (χ2v) is 5.82. The predicted octanol–water partition coefficient (Wildman–Crippen LogP) is 4.62. The summed E-state index contributed by atoms with van der Waals surface area (Å²) < 4.78 is 0. The van der Waals surface area contributed by atoms with Crippen molar-refractivity contribution in [3.8, 4) is 0 Å². The zero-order valence-electron chi connectivity index (χ0n) is 12.2. The van der Waals surface area contributed by atoms with E-state index in [2.05, 4.69) is 18.2 Å². The van der Waals surface area contributed by atoms with Gasteiger partial charge in [0.2, 0.25) is 0 Å². The molecule has 0 atom stereocenters. The summed E-state index contributed by atoms with van der Waals surface area (Å²) in [5.74, 6) is 0.199. The molecule has 0 bridgehead atoms. The molecule has 0 unspecified atom stereocenters. The monoisotopic (exact) mass is 286 g/mol. The van der Waals surface area contributed by atoms with E-state index in [9.17, 15) is 4.79 Å². The van der Waals surface area contributed by atoms with E-state index in [1.807, 2.05) is 39.0 Å². The highest BCUT2D eigenvalue weighted by atomic mass is 35.5. The van der Waals surface area contributed by atoms with Crippen LogP contribution in [-0.2, 0) is 17.6 Å². The highest BCUT2D eigenvalue weighted by Crippen LogP contribution is 2.19. The van der Waals surface area contributed by atoms with Crippen molar-refractivity contribution < 1.29 is 4.79 Å². The number of benzene rings is 2. The molecule has 20 heavy (non-hydrogen) atoms. The third-order valence-electron chi connectivity index (χ3n) is 3.49. The maximum absolute atomic E-state index is 12.2. The minimum Gasteiger partial charge on any atom is -0.299 e. The molecule has 2 aromatic rings. The molecule has 0 aromatic heterocycles. The van der Waals surface area contributed by atoms with Crippen LogP contribution in [0.15, 0.2) is 36.4 Å². The molecule has 2 heteroatoms. The molecule has 0 saturated carbocycles. The van der Waals surface area contributed by atoms with Gasteiger partial charge in [-0.15, -0.1) is 0 Å². The maximum Gasteiger partial charge on any atom is 0.141 e. The Bertz CT molecular complexity index is 644. The van der Waals surface area contributed by atoms with E-state index in [4.69, 9.17) is 11.6 Å². The Kier molecular flexibility index (Phi) is 4.61. The number of Topliss-reactive ketones (excluding diaryl/α,β-unsaturated/α-hetero) is 1. The summed E-state index contributed by atoms with van der Waals surface area (Å²) in [4.78, 5) is 12.2. The van der Waals surface area contributed by atoms with Crippen molar-refractivity contribution in [2.24, 2.45) is 0 Å². The van der Waals surface area contributed by atoms with Crippen molar-refractivity contribution >= 4 is 17.4 Å². The summed E-state index contributed by atoms with van der Waals surface area (Å²) >= 11 is 6.18. The first-order chi connectivity index (χ1) is 9.45. The van der Waals surface area contributed by atoms with Gasteiger partial charge in [-0.25, -0.2) is 0 Å². The summed E-state index contributed by atoms with van der Waals surface area (Å²) in [5.41, 5.74) is 5.48. The van der Waals surface area contributed by atoms with E-state index in [0.29, 0.717) is 17.9 Å². The number of aryl methyl sites for hydroxylation is 3. The van der Waals surface area contributed by atoms with Crippen molar-refractivity contribution in [2.45, 2.75) is 33.6 Å². The summed E-state index contributed by atoms with van der Waals surface area (Å²) in [7, 11) is 0. The van der Waals surface area contributed by atoms with E-state index in [-0.39, 0.29) is 5.78 Å². The lowest BCUT2D eigenvalue weighted by Gasteiger charge is -2.08. The van der Waals surface area contributed by atoms with Gasteiger partial charge in [-0.05, 0) is 49.1 Å². The van der Waals surface area contributed by atoms with Gasteiger partial charge in [-0.2, -0.15) is 0 Å². The SMILES string of the molecule is Cc1ccc(CC(=O)Cc2cc(C)ccc2C)c(Cl)c1. The van der Waals surface area contributed by atoms with Gasteiger partial charge in [0.05, 0.1) is 0 Å². The fraction of sp³-hybridized carbons (Fsp3) is 0.278. The fourth-order valence-corrected chi connectivity index (χ4v) is 2.58. The number of hydrogen-bond acceptors (Lipinski definition) is 1. The lowest BCUT2D eigenvalue weighted by Crippen LogP contribution is -2.08. The third-order valence-corrected chi connectivity index (χ3v) is 3.84. The average molecular weight is 287 g/mol. The van der Waals surface area contributed by atoms with Gasteiger partial charge < -0.3 is 0 Å². The topological polar surface area (TPSA) is 17.1 Å². The smallest absolute Gasteiger partial charge is 0.141 e. The number of hydrogen-bond donors (Lipinski definition) is 0. The minimum absolute atomic E-state index is 0.199. The number of halogens is 1. The number of carbonyl (C=O) groups excluding carboxylic acids is 1. The number of ketones is 1. The van der Waals surface area contributed by atoms with Crippen LogP contribution in [0.3, 0.4) is 0 Å². The molecule has 2 aromatic carbocycles. The van der Waals surface area contributed by atoms with Gasteiger partial charge in [0.1, 0.15) is 5.78 Å². The van der Waals surface area contributed by atoms with E-state index in [1.54, 1.807) is 0 Å². The first-order valence-electron chi connectivity index (χ1n) is 6.78. The van der Waals surface area contributed by atoms with Crippen LogP contribution in [-0.4, -0.2) is 5.78 Å². The standard InChI is InChI=1S/C18H19ClO/c1-12-4-6-14(3)16(8-12)11-17(20)10-15-7-5-13(2)9-18(15)19/h4-9H,10-11H2,1-3H3. The third kappa shape index (κ3) is 3.71. The lowest BCUT2D eigenvalue weighted by molar-refractivity contribution is -0.117. The molecule has 104 valence electrons. The molecule has 0 aliphatic heterocycles. The Balaban J connectivity index is 2.11. The Morgan fingerprint density at radius 2 is 1.50 bits per heavy atom. The van der Waals surface area contributed by atoms with Crippen molar-refractivity contribution in [1.82, 2.24) is 0 Å². The first kappa shape index (κ1) is 14.8. The molecule has 0 aliphatic carbocycles. The molecule has 0 spiro atoms. The zero-order chi connectivity index (χ0) is 14.7. The molecule has 0 saturated heterocycles. The van der Waals surface area contributed by atoms with Crippen LogP contribution >= 0.6 is 11.6 Å². The quantitative estimate of drug-likeness (QED) is 0.801. The van der Waals surface area contributed by atoms with Crippen LogP contribution in [0.25, 0.3) is 0 Å². The van der Waals surface area contributed by atoms with Crippen molar-refractivity contribution in [1.29, 1.82) is 0 Å². The lowest BCUT2D eigenvalue weighted by atomic mass is 9.97. The Morgan fingerprint density at radius 3 is 2.20 bits per heavy atom. The Labute approximate surface area is 125 Å². The van der Waals surface area contributed by atoms with E-state index in [1.165, 1.54) is 11.1 Å². The van der Waals surface area contributed by atoms with E-state index < -0.39 is 0 Å². The predicted molar refractivity (Wildman–Crippen MR) is 84.5 cm³/mol. The van der Waals surface area contributed by atoms with Crippen LogP contribution in [0.2, 0.25) is 5.02 Å². The van der Waals surface area contributed by atoms with Crippen LogP contribution in [0, 0.1) is 20.8 Å². The maximum atomic E-state index is 12.2. The number of rotatable bonds is 4. The normalized spacial score (nSPS) is 10.6. The Hall–Kier alpha value is -1.60. The molecule has 0 amide bonds. The van der Waals surface area contributed by atoms with Crippen LogP contribution in [0.4, 0.5) is 0 Å². The molecule has 0 aliphatic rings. The van der Waals surface area contributed by atoms with Gasteiger partial charge in [-0.3, -0.25) is 4.79 Å². The van der Waals surface area contributed by atoms with E-state index in [0.717, 1.165) is 16.7 Å². The molecular formula is C18H19ClO. The fourth-order valence-electron chi connectivity index (χ4n) is 2.27. The van der Waals surface area contributed by atoms with Gasteiger partial charge in [0.15, 0.2) is 0 Å². The minimum atomic E-state index is 0.199. The summed E-state index contributed by atoms with van der Waals surface area (Å²) in [6, 6.07) is 12.1. The van der Waals surface area contributed by atoms with Crippen molar-refractivity contribution in [3.63, 3.8) is 0 Å². The van der Waals surface area contributed by atoms with Crippen LogP contribution in [0.1, 0.15) is 27.8 Å². The Morgan fingerprint density at radius 1 is 0.900 bits per heavy atom. The van der Waals surface area contributed by atoms with Crippen LogP contribution in [0.5, 0.6) is 0 Å². The highest BCUT2D eigenvalue weighted by Gasteiger charge is 2.10. The van der Waals surface area contributed by atoms with Gasteiger partial charge in [0, 0.05) is 17.9 Å². The first-order valence-corrected chi connectivity index (χ1v) is 7.16. The molecular weight excluding hydrogens is 268 g/mol. The van der Waals surface area contributed by atoms with E-state index >= 15 is 0 Å². The molecule has 0 N–H and O–H groups in total. The molecule has 2 rings (SSSR count). The second-order valence-electron chi connectivity index (χ2n) is 5.42. The van der Waals surface area contributed by atoms with Crippen molar-refractivity contribution in [3.05, 3.63) is 69.2 Å². The summed E-state index contributed by atoms with van der Waals surface area (Å²) in [6.07, 6.45) is 0.865. The van der Waals surface area contributed by atoms with Gasteiger partial charge in [0.25, 0.3) is 0 Å². The van der Waals surface area contributed by atoms with Crippen molar-refractivity contribution in [2.75, 3.05) is 0 Å². The summed E-state index contributed by atoms with van der Waals surface area (Å²) in [6.45, 7) is 6.08. The van der Waals surface area contributed by atoms with Crippen LogP contribution < -0.4 is 0 Å². The average Bonchev–Trinajstić information content (AvgIpc) is 2.37. The second kappa shape index (κ2) is 6.23. The summed E-state index contributed by atoms with van der Waals surface area (Å²) in [5, 5.41) is 0.680. The molecule has 0 radical (unpaired) electrons. The highest BCUT2D eigenvalue weighted by molar-refractivity contribution is 6.31. The zero-order valence-corrected chi connectivity index (χ0v) is 12.9. The number of carbonyl (C=O) groups is 1. The molecule has 0 heterocycles. The van der Waals surface area contributed by atoms with Gasteiger partial charge in [-0.1, -0.05) is 47.5 Å².